The maximum atomic E-state index is 5.36. The average Bonchev–Trinajstić information content (AvgIpc) is 3.03. The van der Waals surface area contributed by atoms with Crippen molar-refractivity contribution in [2.45, 2.75) is 38.3 Å². The van der Waals surface area contributed by atoms with E-state index in [2.05, 4.69) is 28.1 Å². The fourth-order valence-electron chi connectivity index (χ4n) is 3.22. The molecule has 4 heteroatoms. The zero-order chi connectivity index (χ0) is 11.7. The van der Waals surface area contributed by atoms with Crippen molar-refractivity contribution in [3.05, 3.63) is 22.4 Å². The Morgan fingerprint density at radius 1 is 1.41 bits per heavy atom. The van der Waals surface area contributed by atoms with Crippen molar-refractivity contribution in [1.29, 1.82) is 0 Å². The normalized spacial score (nSPS) is 30.5. The standard InChI is InChI=1S/C13H18N2S2/c16-13(14-8-11-2-1-5-17-11)15-12-7-9-3-4-10(12)6-9/h1-2,5,9-10,12H,3-4,6-8H2,(H2,14,15,16)/t9-,10-,12+/m1/s1. The van der Waals surface area contributed by atoms with E-state index >= 15 is 0 Å². The Morgan fingerprint density at radius 2 is 2.35 bits per heavy atom. The third kappa shape index (κ3) is 2.63. The second kappa shape index (κ2) is 4.94. The van der Waals surface area contributed by atoms with E-state index in [4.69, 9.17) is 12.2 Å². The third-order valence-electron chi connectivity index (χ3n) is 4.06. The van der Waals surface area contributed by atoms with Gasteiger partial charge in [-0.25, -0.2) is 0 Å². The molecule has 92 valence electrons. The molecule has 0 saturated heterocycles. The molecule has 2 nitrogen and oxygen atoms in total. The quantitative estimate of drug-likeness (QED) is 0.823. The maximum Gasteiger partial charge on any atom is 0.166 e. The lowest BCUT2D eigenvalue weighted by atomic mass is 9.96. The molecule has 1 aromatic heterocycles. The highest BCUT2D eigenvalue weighted by Crippen LogP contribution is 2.44. The van der Waals surface area contributed by atoms with E-state index in [0.717, 1.165) is 23.5 Å². The molecule has 2 aliphatic carbocycles. The van der Waals surface area contributed by atoms with Gasteiger partial charge in [-0.15, -0.1) is 11.3 Å². The van der Waals surface area contributed by atoms with Crippen LogP contribution in [-0.2, 0) is 6.54 Å². The smallest absolute Gasteiger partial charge is 0.166 e. The monoisotopic (exact) mass is 266 g/mol. The number of hydrogen-bond acceptors (Lipinski definition) is 2. The molecule has 2 saturated carbocycles. The first-order chi connectivity index (χ1) is 8.31. The van der Waals surface area contributed by atoms with Crippen LogP contribution in [0, 0.1) is 11.8 Å². The van der Waals surface area contributed by atoms with Gasteiger partial charge in [-0.2, -0.15) is 0 Å². The highest BCUT2D eigenvalue weighted by Gasteiger charge is 2.39. The minimum Gasteiger partial charge on any atom is -0.360 e. The van der Waals surface area contributed by atoms with E-state index in [0.29, 0.717) is 6.04 Å². The van der Waals surface area contributed by atoms with Gasteiger partial charge in [0.15, 0.2) is 5.11 Å². The molecule has 0 spiro atoms. The van der Waals surface area contributed by atoms with Crippen molar-refractivity contribution >= 4 is 28.7 Å². The van der Waals surface area contributed by atoms with Crippen LogP contribution in [0.5, 0.6) is 0 Å². The number of hydrogen-bond donors (Lipinski definition) is 2. The summed E-state index contributed by atoms with van der Waals surface area (Å²) in [5.74, 6) is 1.85. The summed E-state index contributed by atoms with van der Waals surface area (Å²) in [6.07, 6.45) is 5.59. The van der Waals surface area contributed by atoms with Crippen LogP contribution in [-0.4, -0.2) is 11.2 Å². The molecule has 0 unspecified atom stereocenters. The van der Waals surface area contributed by atoms with Crippen LogP contribution < -0.4 is 10.6 Å². The van der Waals surface area contributed by atoms with E-state index in [1.54, 1.807) is 11.3 Å². The van der Waals surface area contributed by atoms with E-state index in [-0.39, 0.29) is 0 Å². The third-order valence-corrected chi connectivity index (χ3v) is 5.20. The number of thiophene rings is 1. The molecule has 3 atom stereocenters. The number of thiocarbonyl (C=S) groups is 1. The first-order valence-corrected chi connectivity index (χ1v) is 7.67. The summed E-state index contributed by atoms with van der Waals surface area (Å²) in [7, 11) is 0. The Kier molecular flexibility index (Phi) is 3.34. The maximum absolute atomic E-state index is 5.36. The fourth-order valence-corrected chi connectivity index (χ4v) is 4.09. The average molecular weight is 266 g/mol. The number of rotatable bonds is 3. The predicted octanol–water partition coefficient (Wildman–Crippen LogP) is 2.90. The Bertz CT molecular complexity index is 388. The van der Waals surface area contributed by atoms with Crippen LogP contribution in [0.25, 0.3) is 0 Å². The van der Waals surface area contributed by atoms with Crippen molar-refractivity contribution < 1.29 is 0 Å². The molecule has 2 fully saturated rings. The second-order valence-corrected chi connectivity index (χ2v) is 6.63. The molecule has 17 heavy (non-hydrogen) atoms. The largest absolute Gasteiger partial charge is 0.360 e. The molecule has 0 aromatic carbocycles. The molecular weight excluding hydrogens is 248 g/mol. The highest BCUT2D eigenvalue weighted by molar-refractivity contribution is 7.80. The van der Waals surface area contributed by atoms with Gasteiger partial charge in [-0.1, -0.05) is 12.5 Å². The Labute approximate surface area is 112 Å². The molecule has 1 heterocycles. The summed E-state index contributed by atoms with van der Waals surface area (Å²) in [6, 6.07) is 4.85. The molecule has 3 rings (SSSR count). The van der Waals surface area contributed by atoms with Gasteiger partial charge < -0.3 is 10.6 Å². The number of nitrogens with one attached hydrogen (secondary N) is 2. The van der Waals surface area contributed by atoms with Gasteiger partial charge in [0.05, 0.1) is 6.54 Å². The van der Waals surface area contributed by atoms with E-state index in [9.17, 15) is 0 Å². The van der Waals surface area contributed by atoms with Crippen molar-refractivity contribution in [2.24, 2.45) is 11.8 Å². The van der Waals surface area contributed by atoms with Crippen LogP contribution >= 0.6 is 23.6 Å². The lowest BCUT2D eigenvalue weighted by Crippen LogP contribution is -2.43. The van der Waals surface area contributed by atoms with Gasteiger partial charge in [-0.3, -0.25) is 0 Å². The van der Waals surface area contributed by atoms with Crippen molar-refractivity contribution in [1.82, 2.24) is 10.6 Å². The van der Waals surface area contributed by atoms with E-state index < -0.39 is 0 Å². The van der Waals surface area contributed by atoms with Gasteiger partial charge >= 0.3 is 0 Å². The van der Waals surface area contributed by atoms with Gasteiger partial charge in [0.1, 0.15) is 0 Å². The fraction of sp³-hybridized carbons (Fsp3) is 0.615. The van der Waals surface area contributed by atoms with Crippen LogP contribution in [0.3, 0.4) is 0 Å². The van der Waals surface area contributed by atoms with Gasteiger partial charge in [0.2, 0.25) is 0 Å². The Morgan fingerprint density at radius 3 is 3.00 bits per heavy atom. The number of fused-ring (bicyclic) bond motifs is 2. The minimum absolute atomic E-state index is 0.636. The van der Waals surface area contributed by atoms with Gasteiger partial charge in [0, 0.05) is 10.9 Å². The molecular formula is C13H18N2S2. The molecule has 2 aliphatic rings. The van der Waals surface area contributed by atoms with Crippen LogP contribution in [0.15, 0.2) is 17.5 Å². The zero-order valence-corrected chi connectivity index (χ0v) is 11.4. The second-order valence-electron chi connectivity index (χ2n) is 5.19. The molecule has 0 amide bonds. The van der Waals surface area contributed by atoms with E-state index in [1.807, 2.05) is 0 Å². The van der Waals surface area contributed by atoms with Crippen LogP contribution in [0.1, 0.15) is 30.6 Å². The Balaban J connectivity index is 1.44. The van der Waals surface area contributed by atoms with Crippen molar-refractivity contribution in [3.63, 3.8) is 0 Å². The summed E-state index contributed by atoms with van der Waals surface area (Å²) in [6.45, 7) is 0.852. The minimum atomic E-state index is 0.636. The van der Waals surface area contributed by atoms with Crippen molar-refractivity contribution in [3.8, 4) is 0 Å². The van der Waals surface area contributed by atoms with Gasteiger partial charge in [-0.05, 0) is 54.8 Å². The van der Waals surface area contributed by atoms with Crippen molar-refractivity contribution in [2.75, 3.05) is 0 Å². The molecule has 1 aromatic rings. The van der Waals surface area contributed by atoms with Crippen LogP contribution in [0.4, 0.5) is 0 Å². The lowest BCUT2D eigenvalue weighted by Gasteiger charge is -2.24. The Hall–Kier alpha value is -0.610. The molecule has 2 bridgehead atoms. The first kappa shape index (κ1) is 11.5. The predicted molar refractivity (Wildman–Crippen MR) is 76.1 cm³/mol. The highest BCUT2D eigenvalue weighted by atomic mass is 32.1. The zero-order valence-electron chi connectivity index (χ0n) is 9.82. The molecule has 0 radical (unpaired) electrons. The lowest BCUT2D eigenvalue weighted by molar-refractivity contribution is 0.389. The summed E-state index contributed by atoms with van der Waals surface area (Å²) in [5.41, 5.74) is 0. The van der Waals surface area contributed by atoms with Gasteiger partial charge in [0.25, 0.3) is 0 Å². The topological polar surface area (TPSA) is 24.1 Å². The van der Waals surface area contributed by atoms with Crippen LogP contribution in [0.2, 0.25) is 0 Å². The molecule has 0 aliphatic heterocycles. The summed E-state index contributed by atoms with van der Waals surface area (Å²) in [5, 5.41) is 9.73. The molecule has 2 N–H and O–H groups in total. The summed E-state index contributed by atoms with van der Waals surface area (Å²) in [4.78, 5) is 1.34. The summed E-state index contributed by atoms with van der Waals surface area (Å²) >= 11 is 7.13. The SMILES string of the molecule is S=C(NCc1cccs1)N[C@H]1C[C@@H]2CC[C@@H]1C2. The summed E-state index contributed by atoms with van der Waals surface area (Å²) < 4.78 is 0. The van der Waals surface area contributed by atoms with E-state index in [1.165, 1.54) is 30.6 Å². The first-order valence-electron chi connectivity index (χ1n) is 6.38.